The Morgan fingerprint density at radius 3 is 2.71 bits per heavy atom. The number of aromatic nitrogens is 3. The zero-order valence-corrected chi connectivity index (χ0v) is 18.6. The lowest BCUT2D eigenvalue weighted by Crippen LogP contribution is -2.14. The highest BCUT2D eigenvalue weighted by molar-refractivity contribution is 6.09. The molecule has 1 fully saturated rings. The van der Waals surface area contributed by atoms with Gasteiger partial charge in [0, 0.05) is 35.7 Å². The molecule has 0 radical (unpaired) electrons. The molecule has 4 aromatic rings. The fraction of sp³-hybridized carbons (Fsp3) is 0.240. The molecule has 1 unspecified atom stereocenters. The summed E-state index contributed by atoms with van der Waals surface area (Å²) < 4.78 is 18.9. The number of carbonyl (C=O) groups is 1. The first-order valence-corrected chi connectivity index (χ1v) is 11.0. The molecule has 0 bridgehead atoms. The molecule has 34 heavy (non-hydrogen) atoms. The highest BCUT2D eigenvalue weighted by atomic mass is 19.1. The molecule has 0 aliphatic heterocycles. The van der Waals surface area contributed by atoms with Gasteiger partial charge in [0.2, 0.25) is 0 Å². The fourth-order valence-electron chi connectivity index (χ4n) is 4.03. The third-order valence-corrected chi connectivity index (χ3v) is 6.02. The monoisotopic (exact) mass is 462 g/mol. The third-order valence-electron chi connectivity index (χ3n) is 6.02. The van der Waals surface area contributed by atoms with Crippen LogP contribution in [0.25, 0.3) is 22.4 Å². The molecule has 1 aliphatic carbocycles. The van der Waals surface area contributed by atoms with Gasteiger partial charge in [-0.25, -0.2) is 4.39 Å². The maximum absolute atomic E-state index is 15.6. The van der Waals surface area contributed by atoms with E-state index in [1.807, 2.05) is 0 Å². The smallest absolute Gasteiger partial charge is 0.257 e. The van der Waals surface area contributed by atoms with Gasteiger partial charge in [-0.15, -0.1) is 0 Å². The minimum Gasteiger partial charge on any atom is -0.510 e. The largest absolute Gasteiger partial charge is 0.510 e. The van der Waals surface area contributed by atoms with E-state index in [0.29, 0.717) is 22.5 Å². The Morgan fingerprint density at radius 2 is 2.03 bits per heavy atom. The van der Waals surface area contributed by atoms with Crippen LogP contribution in [0.1, 0.15) is 54.8 Å². The van der Waals surface area contributed by atoms with Gasteiger partial charge in [0.1, 0.15) is 5.76 Å². The molecule has 1 atom stereocenters. The van der Waals surface area contributed by atoms with E-state index in [-0.39, 0.29) is 33.5 Å². The average molecular weight is 462 g/mol. The van der Waals surface area contributed by atoms with Crippen molar-refractivity contribution >= 4 is 22.9 Å². The quantitative estimate of drug-likeness (QED) is 0.422. The number of benzene rings is 1. The first-order chi connectivity index (χ1) is 16.2. The molecule has 0 spiro atoms. The summed E-state index contributed by atoms with van der Waals surface area (Å²) in [5, 5.41) is 27.4. The second-order valence-corrected chi connectivity index (χ2v) is 8.65. The van der Waals surface area contributed by atoms with Crippen molar-refractivity contribution in [3.8, 4) is 11.1 Å². The van der Waals surface area contributed by atoms with Crippen molar-refractivity contribution in [2.24, 2.45) is 0 Å². The van der Waals surface area contributed by atoms with E-state index in [9.17, 15) is 19.8 Å². The Balaban J connectivity index is 1.59. The number of nitrogens with zero attached hydrogens (tertiary/aromatic N) is 3. The standard InChI is InChI=1S/C25H23FN4O4/c1-13(31)15-7-19(16-11-27-30(12-16)17-3-4-17)24(26)21(8-15)28-25(34)20-10-22(14(2)32)29-6-5-18(33)9-23(20)29/h5-13,17,31-32H,3-4H2,1-2H3,(H,28,34). The number of aliphatic hydroxyl groups is 2. The SMILES string of the molecule is CC(O)=c1cc(C(=O)Nc2cc(C(C)O)cc(-c3cnn(C4CC4)c3)c2F)c2cc(=O)ccn12. The van der Waals surface area contributed by atoms with E-state index < -0.39 is 17.8 Å². The number of hydrogen-bond donors (Lipinski definition) is 3. The number of rotatable bonds is 5. The molecule has 3 heterocycles. The van der Waals surface area contributed by atoms with Crippen LogP contribution in [0, 0.1) is 5.82 Å². The third kappa shape index (κ3) is 3.84. The lowest BCUT2D eigenvalue weighted by molar-refractivity contribution is 0.102. The van der Waals surface area contributed by atoms with E-state index in [2.05, 4.69) is 10.4 Å². The lowest BCUT2D eigenvalue weighted by Gasteiger charge is -2.14. The zero-order valence-electron chi connectivity index (χ0n) is 18.6. The van der Waals surface area contributed by atoms with Crippen molar-refractivity contribution in [1.29, 1.82) is 0 Å². The van der Waals surface area contributed by atoms with Gasteiger partial charge in [0.15, 0.2) is 11.2 Å². The van der Waals surface area contributed by atoms with E-state index in [1.165, 1.54) is 41.8 Å². The summed E-state index contributed by atoms with van der Waals surface area (Å²) in [6.45, 7) is 3.02. The second-order valence-electron chi connectivity index (χ2n) is 8.65. The van der Waals surface area contributed by atoms with Gasteiger partial charge >= 0.3 is 0 Å². The molecule has 0 saturated heterocycles. The van der Waals surface area contributed by atoms with Crippen LogP contribution in [0.3, 0.4) is 0 Å². The summed E-state index contributed by atoms with van der Waals surface area (Å²) in [5.41, 5.74) is 1.15. The number of carbonyl (C=O) groups excluding carboxylic acids is 1. The van der Waals surface area contributed by atoms with Crippen LogP contribution in [-0.2, 0) is 0 Å². The first-order valence-electron chi connectivity index (χ1n) is 11.0. The number of aliphatic hydroxyl groups excluding tert-OH is 2. The van der Waals surface area contributed by atoms with E-state index >= 15 is 4.39 Å². The summed E-state index contributed by atoms with van der Waals surface area (Å²) >= 11 is 0. The number of fused-ring (bicyclic) bond motifs is 1. The van der Waals surface area contributed by atoms with Crippen LogP contribution in [-0.4, -0.2) is 30.3 Å². The van der Waals surface area contributed by atoms with Gasteiger partial charge in [-0.3, -0.25) is 14.3 Å². The van der Waals surface area contributed by atoms with E-state index in [4.69, 9.17) is 0 Å². The highest BCUT2D eigenvalue weighted by Crippen LogP contribution is 2.37. The Bertz CT molecular complexity index is 1550. The number of halogens is 1. The van der Waals surface area contributed by atoms with E-state index in [0.717, 1.165) is 12.8 Å². The van der Waals surface area contributed by atoms with Gasteiger partial charge in [0.25, 0.3) is 5.91 Å². The minimum atomic E-state index is -0.898. The van der Waals surface area contributed by atoms with Gasteiger partial charge in [-0.2, -0.15) is 5.10 Å². The molecule has 9 heteroatoms. The highest BCUT2D eigenvalue weighted by Gasteiger charge is 2.25. The lowest BCUT2D eigenvalue weighted by atomic mass is 10.0. The van der Waals surface area contributed by atoms with Crippen molar-refractivity contribution in [2.45, 2.75) is 38.8 Å². The average Bonchev–Trinajstić information content (AvgIpc) is 3.39. The van der Waals surface area contributed by atoms with Crippen molar-refractivity contribution < 1.29 is 19.4 Å². The molecular weight excluding hydrogens is 439 g/mol. The van der Waals surface area contributed by atoms with Gasteiger partial charge < -0.3 is 19.9 Å². The summed E-state index contributed by atoms with van der Waals surface area (Å²) in [7, 11) is 0. The van der Waals surface area contributed by atoms with Crippen molar-refractivity contribution in [3.63, 3.8) is 0 Å². The predicted molar refractivity (Wildman–Crippen MR) is 125 cm³/mol. The molecular formula is C25H23FN4O4. The summed E-state index contributed by atoms with van der Waals surface area (Å²) in [6, 6.07) is 7.29. The second kappa shape index (κ2) is 8.11. The number of hydrogen-bond acceptors (Lipinski definition) is 5. The maximum atomic E-state index is 15.6. The van der Waals surface area contributed by atoms with Crippen LogP contribution in [0.5, 0.6) is 0 Å². The maximum Gasteiger partial charge on any atom is 0.257 e. The number of pyridine rings is 1. The van der Waals surface area contributed by atoms with E-state index in [1.54, 1.807) is 30.1 Å². The van der Waals surface area contributed by atoms with Crippen molar-refractivity contribution in [2.75, 3.05) is 5.32 Å². The summed E-state index contributed by atoms with van der Waals surface area (Å²) in [6.07, 6.45) is 5.96. The normalized spacial score (nSPS) is 15.4. The number of amides is 1. The van der Waals surface area contributed by atoms with Gasteiger partial charge in [0.05, 0.1) is 40.5 Å². The Morgan fingerprint density at radius 1 is 1.26 bits per heavy atom. The molecule has 1 aliphatic rings. The zero-order chi connectivity index (χ0) is 24.1. The Hall–Kier alpha value is -3.98. The molecule has 174 valence electrons. The Kier molecular flexibility index (Phi) is 5.21. The van der Waals surface area contributed by atoms with Crippen LogP contribution in [0.4, 0.5) is 10.1 Å². The number of nitrogens with one attached hydrogen (secondary N) is 1. The van der Waals surface area contributed by atoms with Crippen LogP contribution in [0.2, 0.25) is 0 Å². The Labute approximate surface area is 193 Å². The molecule has 1 aromatic carbocycles. The molecule has 5 rings (SSSR count). The number of anilines is 1. The van der Waals surface area contributed by atoms with Crippen LogP contribution >= 0.6 is 0 Å². The molecule has 3 N–H and O–H groups in total. The minimum absolute atomic E-state index is 0.0371. The molecule has 3 aromatic heterocycles. The molecule has 1 saturated carbocycles. The fourth-order valence-corrected chi connectivity index (χ4v) is 4.03. The predicted octanol–water partition coefficient (Wildman–Crippen LogP) is 3.35. The molecule has 8 nitrogen and oxygen atoms in total. The van der Waals surface area contributed by atoms with Crippen LogP contribution < -0.4 is 16.1 Å². The molecule has 1 amide bonds. The summed E-state index contributed by atoms with van der Waals surface area (Å²) in [5.74, 6) is -1.35. The summed E-state index contributed by atoms with van der Waals surface area (Å²) in [4.78, 5) is 25.1. The van der Waals surface area contributed by atoms with Crippen LogP contribution in [0.15, 0.2) is 53.7 Å². The van der Waals surface area contributed by atoms with Gasteiger partial charge in [-0.05, 0) is 50.5 Å². The van der Waals surface area contributed by atoms with Crippen molar-refractivity contribution in [1.82, 2.24) is 14.2 Å². The van der Waals surface area contributed by atoms with Crippen molar-refractivity contribution in [3.05, 3.63) is 81.4 Å². The first kappa shape index (κ1) is 21.8. The topological polar surface area (TPSA) is 109 Å². The van der Waals surface area contributed by atoms with Gasteiger partial charge in [-0.1, -0.05) is 0 Å².